The smallest absolute Gasteiger partial charge is 0.326 e. The van der Waals surface area contributed by atoms with Gasteiger partial charge < -0.3 is 42.7 Å². The van der Waals surface area contributed by atoms with E-state index in [0.29, 0.717) is 16.7 Å². The predicted molar refractivity (Wildman–Crippen MR) is 159 cm³/mol. The molecule has 13 heteroatoms. The number of amides is 4. The van der Waals surface area contributed by atoms with Gasteiger partial charge in [0.05, 0.1) is 12.5 Å². The molecule has 4 amide bonds. The van der Waals surface area contributed by atoms with Gasteiger partial charge in [-0.2, -0.15) is 0 Å². The number of rotatable bonds is 15. The molecule has 0 aromatic heterocycles. The summed E-state index contributed by atoms with van der Waals surface area (Å²) in [6.45, 7) is 0. The normalized spacial score (nSPS) is 13.5. The number of carboxylic acids is 1. The van der Waals surface area contributed by atoms with Crippen molar-refractivity contribution in [2.75, 3.05) is 0 Å². The summed E-state index contributed by atoms with van der Waals surface area (Å²) in [4.78, 5) is 63.2. The lowest BCUT2D eigenvalue weighted by molar-refractivity contribution is -0.142. The van der Waals surface area contributed by atoms with Gasteiger partial charge in [-0.05, 0) is 41.0 Å². The van der Waals surface area contributed by atoms with Gasteiger partial charge in [0, 0.05) is 19.3 Å². The van der Waals surface area contributed by atoms with Crippen LogP contribution in [0.15, 0.2) is 78.9 Å². The molecule has 0 radical (unpaired) electrons. The number of nitrogens with one attached hydrogen (secondary N) is 3. The first-order chi connectivity index (χ1) is 20.9. The lowest BCUT2D eigenvalue weighted by Gasteiger charge is -2.25. The van der Waals surface area contributed by atoms with Gasteiger partial charge >= 0.3 is 5.97 Å². The van der Waals surface area contributed by atoms with Crippen LogP contribution in [-0.2, 0) is 43.2 Å². The monoisotopic (exact) mass is 605 g/mol. The Bertz CT molecular complexity index is 1450. The molecule has 0 bridgehead atoms. The van der Waals surface area contributed by atoms with Crippen molar-refractivity contribution in [3.8, 4) is 11.5 Å². The number of carbonyl (C=O) groups is 5. The molecule has 0 heterocycles. The quantitative estimate of drug-likeness (QED) is 0.115. The van der Waals surface area contributed by atoms with Gasteiger partial charge in [-0.25, -0.2) is 4.79 Å². The van der Waals surface area contributed by atoms with Crippen LogP contribution in [0.3, 0.4) is 0 Å². The van der Waals surface area contributed by atoms with Crippen LogP contribution in [0.2, 0.25) is 0 Å². The summed E-state index contributed by atoms with van der Waals surface area (Å²) in [6.07, 6.45) is -0.634. The highest BCUT2D eigenvalue weighted by molar-refractivity contribution is 5.95. The Hall–Kier alpha value is -5.43. The third-order valence-electron chi connectivity index (χ3n) is 6.67. The number of aromatic hydroxyl groups is 2. The summed E-state index contributed by atoms with van der Waals surface area (Å²) >= 11 is 0. The zero-order valence-electron chi connectivity index (χ0n) is 23.7. The first kappa shape index (κ1) is 33.1. The molecule has 3 aromatic rings. The van der Waals surface area contributed by atoms with E-state index >= 15 is 0 Å². The minimum atomic E-state index is -1.36. The maximum absolute atomic E-state index is 13.6. The number of phenols is 2. The molecule has 4 atom stereocenters. The highest BCUT2D eigenvalue weighted by Crippen LogP contribution is 2.14. The van der Waals surface area contributed by atoms with E-state index in [2.05, 4.69) is 16.0 Å². The van der Waals surface area contributed by atoms with Gasteiger partial charge in [0.15, 0.2) is 0 Å². The highest BCUT2D eigenvalue weighted by atomic mass is 16.4. The first-order valence-electron chi connectivity index (χ1n) is 13.7. The maximum atomic E-state index is 13.6. The number of hydrogen-bond donors (Lipinski definition) is 8. The molecule has 0 aliphatic carbocycles. The molecule has 232 valence electrons. The fraction of sp³-hybridized carbons (Fsp3) is 0.258. The fourth-order valence-corrected chi connectivity index (χ4v) is 4.34. The van der Waals surface area contributed by atoms with Crippen LogP contribution in [0.25, 0.3) is 0 Å². The van der Waals surface area contributed by atoms with Crippen molar-refractivity contribution in [3.05, 3.63) is 95.6 Å². The standard InChI is InChI=1S/C31H35N5O8/c32-23(17-27(33)39)28(40)34-24(15-19-6-10-21(37)11-7-19)29(41)35-25(14-18-4-2-1-3-5-18)30(42)36-26(31(43)44)16-20-8-12-22(38)13-9-20/h1-13,23-26,37-38H,14-17,32H2,(H2,33,39)(H,34,40)(H,35,41)(H,36,42)(H,43,44). The SMILES string of the molecule is NC(=O)CC(N)C(=O)NC(Cc1ccc(O)cc1)C(=O)NC(Cc1ccccc1)C(=O)NC(Cc1ccc(O)cc1)C(=O)O. The van der Waals surface area contributed by atoms with Crippen LogP contribution in [0.4, 0.5) is 0 Å². The van der Waals surface area contributed by atoms with Crippen molar-refractivity contribution in [3.63, 3.8) is 0 Å². The lowest BCUT2D eigenvalue weighted by atomic mass is 10.0. The van der Waals surface area contributed by atoms with E-state index in [1.807, 2.05) is 0 Å². The molecular weight excluding hydrogens is 570 g/mol. The van der Waals surface area contributed by atoms with E-state index < -0.39 is 60.2 Å². The number of carbonyl (C=O) groups excluding carboxylic acids is 4. The number of carboxylic acid groups (broad SMARTS) is 1. The molecule has 0 saturated carbocycles. The Morgan fingerprint density at radius 3 is 1.41 bits per heavy atom. The zero-order valence-corrected chi connectivity index (χ0v) is 23.7. The fourth-order valence-electron chi connectivity index (χ4n) is 4.34. The van der Waals surface area contributed by atoms with Crippen molar-refractivity contribution >= 4 is 29.6 Å². The number of benzene rings is 3. The number of primary amides is 1. The molecule has 0 spiro atoms. The molecule has 44 heavy (non-hydrogen) atoms. The van der Waals surface area contributed by atoms with Gasteiger partial charge in [-0.15, -0.1) is 0 Å². The lowest BCUT2D eigenvalue weighted by Crippen LogP contribution is -2.58. The van der Waals surface area contributed by atoms with Crippen LogP contribution in [-0.4, -0.2) is 69.1 Å². The summed E-state index contributed by atoms with van der Waals surface area (Å²) in [5.41, 5.74) is 12.7. The van der Waals surface area contributed by atoms with E-state index in [1.165, 1.54) is 36.4 Å². The van der Waals surface area contributed by atoms with Crippen molar-refractivity contribution in [2.24, 2.45) is 11.5 Å². The molecule has 4 unspecified atom stereocenters. The zero-order chi connectivity index (χ0) is 32.2. The van der Waals surface area contributed by atoms with Gasteiger partial charge in [-0.3, -0.25) is 19.2 Å². The van der Waals surface area contributed by atoms with Crippen molar-refractivity contribution < 1.29 is 39.3 Å². The summed E-state index contributed by atoms with van der Waals surface area (Å²) in [6, 6.07) is 15.2. The van der Waals surface area contributed by atoms with E-state index in [0.717, 1.165) is 0 Å². The second-order valence-electron chi connectivity index (χ2n) is 10.2. The second kappa shape index (κ2) is 15.7. The minimum Gasteiger partial charge on any atom is -0.508 e. The summed E-state index contributed by atoms with van der Waals surface area (Å²) in [5, 5.41) is 36.6. The molecule has 0 fully saturated rings. The van der Waals surface area contributed by atoms with Crippen LogP contribution in [0.5, 0.6) is 11.5 Å². The molecule has 10 N–H and O–H groups in total. The van der Waals surface area contributed by atoms with Crippen LogP contribution < -0.4 is 27.4 Å². The third kappa shape index (κ3) is 10.4. The van der Waals surface area contributed by atoms with E-state index in [9.17, 15) is 39.3 Å². The summed E-state index contributed by atoms with van der Waals surface area (Å²) < 4.78 is 0. The molecular formula is C31H35N5O8. The van der Waals surface area contributed by atoms with E-state index in [1.54, 1.807) is 42.5 Å². The molecule has 13 nitrogen and oxygen atoms in total. The van der Waals surface area contributed by atoms with Crippen LogP contribution in [0.1, 0.15) is 23.1 Å². The maximum Gasteiger partial charge on any atom is 0.326 e. The Labute approximate surface area is 253 Å². The predicted octanol–water partition coefficient (Wildman–Crippen LogP) is -0.133. The average molecular weight is 606 g/mol. The molecule has 0 aliphatic heterocycles. The summed E-state index contributed by atoms with van der Waals surface area (Å²) in [5.74, 6) is -4.52. The van der Waals surface area contributed by atoms with E-state index in [4.69, 9.17) is 11.5 Å². The minimum absolute atomic E-state index is 0.000157. The molecule has 0 saturated heterocycles. The molecule has 3 rings (SSSR count). The largest absolute Gasteiger partial charge is 0.508 e. The van der Waals surface area contributed by atoms with Gasteiger partial charge in [0.2, 0.25) is 23.6 Å². The van der Waals surface area contributed by atoms with E-state index in [-0.39, 0.29) is 30.8 Å². The first-order valence-corrected chi connectivity index (χ1v) is 13.7. The number of aliphatic carboxylic acids is 1. The Morgan fingerprint density at radius 2 is 0.977 bits per heavy atom. The average Bonchev–Trinajstić information content (AvgIpc) is 2.98. The Morgan fingerprint density at radius 1 is 0.591 bits per heavy atom. The number of hydrogen-bond acceptors (Lipinski definition) is 8. The number of nitrogens with two attached hydrogens (primary N) is 2. The molecule has 3 aromatic carbocycles. The van der Waals surface area contributed by atoms with Crippen molar-refractivity contribution in [1.82, 2.24) is 16.0 Å². The summed E-state index contributed by atoms with van der Waals surface area (Å²) in [7, 11) is 0. The van der Waals surface area contributed by atoms with Crippen molar-refractivity contribution in [2.45, 2.75) is 49.9 Å². The second-order valence-corrected chi connectivity index (χ2v) is 10.2. The van der Waals surface area contributed by atoms with Gasteiger partial charge in [-0.1, -0.05) is 54.6 Å². The van der Waals surface area contributed by atoms with Gasteiger partial charge in [0.25, 0.3) is 0 Å². The topological polar surface area (TPSA) is 234 Å². The van der Waals surface area contributed by atoms with Gasteiger partial charge in [0.1, 0.15) is 29.6 Å². The van der Waals surface area contributed by atoms with Crippen molar-refractivity contribution in [1.29, 1.82) is 0 Å². The van der Waals surface area contributed by atoms with Crippen LogP contribution in [0, 0.1) is 0 Å². The Kier molecular flexibility index (Phi) is 11.8. The number of phenolic OH excluding ortho intramolecular Hbond substituents is 2. The van der Waals surface area contributed by atoms with Crippen LogP contribution >= 0.6 is 0 Å². The molecule has 0 aliphatic rings. The third-order valence-corrected chi connectivity index (χ3v) is 6.67. The highest BCUT2D eigenvalue weighted by Gasteiger charge is 2.31. The Balaban J connectivity index is 1.85.